The van der Waals surface area contributed by atoms with Gasteiger partial charge in [0.2, 0.25) is 5.91 Å². The van der Waals surface area contributed by atoms with E-state index in [4.69, 9.17) is 0 Å². The Kier molecular flexibility index (Phi) is 5.86. The molecule has 0 saturated carbocycles. The van der Waals surface area contributed by atoms with Crippen LogP contribution in [-0.2, 0) is 10.5 Å². The topological polar surface area (TPSA) is 83.6 Å². The number of carbonyl (C=O) groups excluding carboxylic acids is 1. The second-order valence-corrected chi connectivity index (χ2v) is 6.74. The van der Waals surface area contributed by atoms with Gasteiger partial charge in [-0.2, -0.15) is 5.10 Å². The summed E-state index contributed by atoms with van der Waals surface area (Å²) in [7, 11) is 0. The van der Waals surface area contributed by atoms with Gasteiger partial charge in [-0.25, -0.2) is 9.97 Å². The molecule has 8 heteroatoms. The molecule has 3 rings (SSSR count). The minimum atomic E-state index is -0.0778. The van der Waals surface area contributed by atoms with Crippen LogP contribution in [0.1, 0.15) is 5.56 Å². The van der Waals surface area contributed by atoms with Crippen molar-refractivity contribution in [1.82, 2.24) is 20.2 Å². The lowest BCUT2D eigenvalue weighted by molar-refractivity contribution is -0.113. The summed E-state index contributed by atoms with van der Waals surface area (Å²) in [4.78, 5) is 20.2. The highest BCUT2D eigenvalue weighted by molar-refractivity contribution is 7.99. The van der Waals surface area contributed by atoms with Gasteiger partial charge < -0.3 is 5.32 Å². The number of thioether (sulfide) groups is 2. The molecule has 0 radical (unpaired) electrons. The predicted octanol–water partition coefficient (Wildman–Crippen LogP) is 3.22. The number of aromatic amines is 1. The van der Waals surface area contributed by atoms with E-state index in [1.807, 2.05) is 42.5 Å². The molecule has 0 spiro atoms. The molecular weight excluding hydrogens is 342 g/mol. The zero-order valence-electron chi connectivity index (χ0n) is 12.7. The Hall–Kier alpha value is -2.32. The van der Waals surface area contributed by atoms with E-state index in [0.29, 0.717) is 5.16 Å². The first-order chi connectivity index (χ1) is 11.8. The Labute approximate surface area is 147 Å². The van der Waals surface area contributed by atoms with E-state index in [9.17, 15) is 4.79 Å². The van der Waals surface area contributed by atoms with Gasteiger partial charge in [0.05, 0.1) is 10.8 Å². The number of hydrogen-bond acceptors (Lipinski definition) is 6. The van der Waals surface area contributed by atoms with Crippen molar-refractivity contribution in [2.45, 2.75) is 15.9 Å². The molecule has 0 unspecified atom stereocenters. The lowest BCUT2D eigenvalue weighted by atomic mass is 10.2. The van der Waals surface area contributed by atoms with Crippen LogP contribution in [0.25, 0.3) is 0 Å². The van der Waals surface area contributed by atoms with Gasteiger partial charge in [0.15, 0.2) is 5.16 Å². The third-order valence-electron chi connectivity index (χ3n) is 2.97. The van der Waals surface area contributed by atoms with Crippen molar-refractivity contribution in [3.05, 3.63) is 60.6 Å². The van der Waals surface area contributed by atoms with Crippen LogP contribution in [0.4, 0.5) is 5.69 Å². The second-order valence-electron chi connectivity index (χ2n) is 4.78. The molecule has 0 aliphatic carbocycles. The largest absolute Gasteiger partial charge is 0.325 e. The Morgan fingerprint density at radius 2 is 2.08 bits per heavy atom. The fraction of sp³-hybridized carbons (Fsp3) is 0.125. The SMILES string of the molecule is O=C(CSc1ncn[nH]1)Nc1cccc(CSc2ccccn2)c1. The van der Waals surface area contributed by atoms with Crippen molar-refractivity contribution >= 4 is 35.1 Å². The Morgan fingerprint density at radius 1 is 1.12 bits per heavy atom. The lowest BCUT2D eigenvalue weighted by Gasteiger charge is -2.07. The molecule has 2 aromatic heterocycles. The Bertz CT molecular complexity index is 780. The minimum absolute atomic E-state index is 0.0778. The van der Waals surface area contributed by atoms with Crippen LogP contribution >= 0.6 is 23.5 Å². The van der Waals surface area contributed by atoms with Crippen LogP contribution in [0.2, 0.25) is 0 Å². The molecule has 0 saturated heterocycles. The average molecular weight is 357 g/mol. The molecule has 0 atom stereocenters. The molecular formula is C16H15N5OS2. The number of pyridine rings is 1. The van der Waals surface area contributed by atoms with E-state index in [1.165, 1.54) is 18.1 Å². The van der Waals surface area contributed by atoms with Crippen molar-refractivity contribution in [3.63, 3.8) is 0 Å². The fourth-order valence-corrected chi connectivity index (χ4v) is 3.31. The molecule has 1 aromatic carbocycles. The van der Waals surface area contributed by atoms with E-state index in [2.05, 4.69) is 25.5 Å². The van der Waals surface area contributed by atoms with E-state index in [1.54, 1.807) is 18.0 Å². The van der Waals surface area contributed by atoms with Crippen LogP contribution in [-0.4, -0.2) is 31.8 Å². The molecule has 24 heavy (non-hydrogen) atoms. The second kappa shape index (κ2) is 8.51. The van der Waals surface area contributed by atoms with Crippen LogP contribution in [0, 0.1) is 0 Å². The van der Waals surface area contributed by atoms with Gasteiger partial charge in [-0.3, -0.25) is 9.89 Å². The first-order valence-corrected chi connectivity index (χ1v) is 9.17. The molecule has 2 N–H and O–H groups in total. The Balaban J connectivity index is 1.51. The third kappa shape index (κ3) is 5.10. The molecule has 6 nitrogen and oxygen atoms in total. The van der Waals surface area contributed by atoms with Gasteiger partial charge in [-0.15, -0.1) is 11.8 Å². The van der Waals surface area contributed by atoms with Crippen molar-refractivity contribution in [2.75, 3.05) is 11.1 Å². The molecule has 0 aliphatic heterocycles. The molecule has 0 fully saturated rings. The van der Waals surface area contributed by atoms with E-state index < -0.39 is 0 Å². The summed E-state index contributed by atoms with van der Waals surface area (Å²) in [5.74, 6) is 1.00. The number of nitrogens with one attached hydrogen (secondary N) is 2. The van der Waals surface area contributed by atoms with Crippen LogP contribution in [0.3, 0.4) is 0 Å². The number of carbonyl (C=O) groups is 1. The number of rotatable bonds is 7. The summed E-state index contributed by atoms with van der Waals surface area (Å²) in [6.45, 7) is 0. The van der Waals surface area contributed by atoms with Crippen LogP contribution in [0.5, 0.6) is 0 Å². The maximum atomic E-state index is 12.0. The maximum absolute atomic E-state index is 12.0. The molecule has 1 amide bonds. The van der Waals surface area contributed by atoms with Crippen LogP contribution < -0.4 is 5.32 Å². The summed E-state index contributed by atoms with van der Waals surface area (Å²) in [5.41, 5.74) is 1.92. The van der Waals surface area contributed by atoms with Gasteiger partial charge in [0.1, 0.15) is 6.33 Å². The van der Waals surface area contributed by atoms with Crippen molar-refractivity contribution < 1.29 is 4.79 Å². The van der Waals surface area contributed by atoms with Gasteiger partial charge in [0.25, 0.3) is 0 Å². The third-order valence-corrected chi connectivity index (χ3v) is 4.86. The molecule has 3 aromatic rings. The van der Waals surface area contributed by atoms with Gasteiger partial charge in [-0.05, 0) is 29.8 Å². The quantitative estimate of drug-likeness (QED) is 0.632. The average Bonchev–Trinajstić information content (AvgIpc) is 3.13. The van der Waals surface area contributed by atoms with Crippen LogP contribution in [0.15, 0.2) is 65.2 Å². The zero-order chi connectivity index (χ0) is 16.6. The first kappa shape index (κ1) is 16.5. The monoisotopic (exact) mass is 357 g/mol. The smallest absolute Gasteiger partial charge is 0.234 e. The first-order valence-electron chi connectivity index (χ1n) is 7.20. The molecule has 2 heterocycles. The minimum Gasteiger partial charge on any atom is -0.325 e. The van der Waals surface area contributed by atoms with Crippen molar-refractivity contribution in [2.24, 2.45) is 0 Å². The lowest BCUT2D eigenvalue weighted by Crippen LogP contribution is -2.14. The zero-order valence-corrected chi connectivity index (χ0v) is 14.3. The van der Waals surface area contributed by atoms with Gasteiger partial charge in [0, 0.05) is 17.6 Å². The fourth-order valence-electron chi connectivity index (χ4n) is 1.92. The number of aromatic nitrogens is 4. The number of amides is 1. The predicted molar refractivity (Wildman–Crippen MR) is 96.0 cm³/mol. The number of nitrogens with zero attached hydrogens (tertiary/aromatic N) is 3. The highest BCUT2D eigenvalue weighted by Gasteiger charge is 2.06. The number of anilines is 1. The summed E-state index contributed by atoms with van der Waals surface area (Å²) >= 11 is 2.97. The molecule has 0 bridgehead atoms. The Morgan fingerprint density at radius 3 is 2.88 bits per heavy atom. The molecule has 122 valence electrons. The van der Waals surface area contributed by atoms with Gasteiger partial charge in [-0.1, -0.05) is 30.0 Å². The van der Waals surface area contributed by atoms with Gasteiger partial charge >= 0.3 is 0 Å². The number of benzene rings is 1. The normalized spacial score (nSPS) is 10.5. The highest BCUT2D eigenvalue weighted by Crippen LogP contribution is 2.22. The van der Waals surface area contributed by atoms with Crippen molar-refractivity contribution in [1.29, 1.82) is 0 Å². The summed E-state index contributed by atoms with van der Waals surface area (Å²) < 4.78 is 0. The number of H-pyrrole nitrogens is 1. The standard InChI is InChI=1S/C16H15N5OS2/c22-14(10-24-16-18-11-19-21-16)20-13-5-3-4-12(8-13)9-23-15-6-1-2-7-17-15/h1-8,11H,9-10H2,(H,20,22)(H,18,19,21). The van der Waals surface area contributed by atoms with E-state index >= 15 is 0 Å². The number of hydrogen-bond donors (Lipinski definition) is 2. The maximum Gasteiger partial charge on any atom is 0.234 e. The van der Waals surface area contributed by atoms with E-state index in [0.717, 1.165) is 22.0 Å². The van der Waals surface area contributed by atoms with E-state index in [-0.39, 0.29) is 11.7 Å². The molecule has 0 aliphatic rings. The summed E-state index contributed by atoms with van der Waals surface area (Å²) in [6, 6.07) is 13.7. The highest BCUT2D eigenvalue weighted by atomic mass is 32.2. The summed E-state index contributed by atoms with van der Waals surface area (Å²) in [5, 5.41) is 11.0. The summed E-state index contributed by atoms with van der Waals surface area (Å²) in [6.07, 6.45) is 3.20. The van der Waals surface area contributed by atoms with Crippen molar-refractivity contribution in [3.8, 4) is 0 Å².